The van der Waals surface area contributed by atoms with Gasteiger partial charge in [-0.3, -0.25) is 4.68 Å². The quantitative estimate of drug-likeness (QED) is 0.721. The monoisotopic (exact) mass is 342 g/mol. The van der Waals surface area contributed by atoms with Crippen molar-refractivity contribution < 1.29 is 14.3 Å². The van der Waals surface area contributed by atoms with Gasteiger partial charge in [-0.1, -0.05) is 0 Å². The van der Waals surface area contributed by atoms with Crippen molar-refractivity contribution in [3.05, 3.63) is 57.2 Å². The number of aromatic nitrogens is 2. The van der Waals surface area contributed by atoms with Gasteiger partial charge in [0.2, 0.25) is 0 Å². The molecule has 0 saturated carbocycles. The van der Waals surface area contributed by atoms with E-state index in [9.17, 15) is 9.90 Å². The van der Waals surface area contributed by atoms with Crippen molar-refractivity contribution in [2.75, 3.05) is 6.61 Å². The van der Waals surface area contributed by atoms with Crippen LogP contribution in [0.2, 0.25) is 0 Å². The first-order chi connectivity index (χ1) is 11.8. The Morgan fingerprint density at radius 2 is 2.00 bits per heavy atom. The maximum Gasteiger partial charge on any atom is 0.336 e. The summed E-state index contributed by atoms with van der Waals surface area (Å²) in [5.41, 5.74) is 4.09. The van der Waals surface area contributed by atoms with E-state index in [1.807, 2.05) is 33.8 Å². The van der Waals surface area contributed by atoms with Crippen LogP contribution in [0.15, 0.2) is 33.5 Å². The number of fused-ring (bicyclic) bond motifs is 1. The molecule has 1 atom stereocenters. The van der Waals surface area contributed by atoms with Gasteiger partial charge >= 0.3 is 5.63 Å². The van der Waals surface area contributed by atoms with Gasteiger partial charge in [0.05, 0.1) is 12.2 Å². The normalized spacial score (nSPS) is 12.5. The molecule has 25 heavy (non-hydrogen) atoms. The average Bonchev–Trinajstić information content (AvgIpc) is 2.79. The van der Waals surface area contributed by atoms with Gasteiger partial charge in [-0.25, -0.2) is 4.79 Å². The van der Waals surface area contributed by atoms with Crippen molar-refractivity contribution in [2.24, 2.45) is 0 Å². The summed E-state index contributed by atoms with van der Waals surface area (Å²) in [5, 5.41) is 15.5. The summed E-state index contributed by atoms with van der Waals surface area (Å²) >= 11 is 0. The Hall–Kier alpha value is -2.60. The highest BCUT2D eigenvalue weighted by Crippen LogP contribution is 2.22. The lowest BCUT2D eigenvalue weighted by Gasteiger charge is -2.14. The van der Waals surface area contributed by atoms with Gasteiger partial charge in [0, 0.05) is 23.2 Å². The molecule has 2 aromatic heterocycles. The predicted molar refractivity (Wildman–Crippen MR) is 95.2 cm³/mol. The number of nitrogens with zero attached hydrogens (tertiary/aromatic N) is 2. The molecule has 0 aliphatic rings. The topological polar surface area (TPSA) is 77.5 Å². The van der Waals surface area contributed by atoms with Crippen molar-refractivity contribution in [2.45, 2.75) is 40.3 Å². The Labute approximate surface area is 145 Å². The van der Waals surface area contributed by atoms with E-state index in [2.05, 4.69) is 5.10 Å². The Kier molecular flexibility index (Phi) is 4.63. The van der Waals surface area contributed by atoms with Crippen LogP contribution in [0.1, 0.15) is 22.5 Å². The molecule has 6 heteroatoms. The summed E-state index contributed by atoms with van der Waals surface area (Å²) in [7, 11) is 0. The number of hydrogen-bond donors (Lipinski definition) is 1. The number of aliphatic hydroxyl groups excluding tert-OH is 1. The predicted octanol–water partition coefficient (Wildman–Crippen LogP) is 2.66. The molecule has 1 N–H and O–H groups in total. The molecule has 132 valence electrons. The molecule has 3 rings (SSSR count). The van der Waals surface area contributed by atoms with Crippen molar-refractivity contribution in [1.82, 2.24) is 9.78 Å². The number of aliphatic hydroxyl groups is 1. The third-order valence-corrected chi connectivity index (χ3v) is 4.49. The van der Waals surface area contributed by atoms with E-state index in [-0.39, 0.29) is 12.2 Å². The number of rotatable bonds is 5. The smallest absolute Gasteiger partial charge is 0.336 e. The summed E-state index contributed by atoms with van der Waals surface area (Å²) in [6.45, 7) is 8.30. The van der Waals surface area contributed by atoms with Crippen LogP contribution in [0.4, 0.5) is 0 Å². The van der Waals surface area contributed by atoms with Crippen LogP contribution in [-0.2, 0) is 6.54 Å². The molecule has 0 saturated heterocycles. The summed E-state index contributed by atoms with van der Waals surface area (Å²) in [4.78, 5) is 11.5. The van der Waals surface area contributed by atoms with Crippen LogP contribution in [0.5, 0.6) is 5.75 Å². The minimum atomic E-state index is -0.697. The molecule has 1 aromatic carbocycles. The number of ether oxygens (including phenoxy) is 1. The summed E-state index contributed by atoms with van der Waals surface area (Å²) < 4.78 is 12.6. The Morgan fingerprint density at radius 3 is 2.68 bits per heavy atom. The number of aryl methyl sites for hydroxylation is 2. The number of benzene rings is 1. The van der Waals surface area contributed by atoms with E-state index in [0.717, 1.165) is 27.9 Å². The maximum atomic E-state index is 11.5. The molecule has 0 aliphatic heterocycles. The minimum absolute atomic E-state index is 0.124. The molecular formula is C19H22N2O4. The maximum absolute atomic E-state index is 11.5. The zero-order chi connectivity index (χ0) is 18.1. The lowest BCUT2D eigenvalue weighted by Crippen LogP contribution is -2.24. The van der Waals surface area contributed by atoms with Gasteiger partial charge in [0.15, 0.2) is 0 Å². The SMILES string of the molecule is Cc1nn(CC(O)COc2ccc3c(C)cc(=O)oc3c2)c(C)c1C. The minimum Gasteiger partial charge on any atom is -0.491 e. The van der Waals surface area contributed by atoms with E-state index in [0.29, 0.717) is 17.9 Å². The van der Waals surface area contributed by atoms with Gasteiger partial charge < -0.3 is 14.3 Å². The lowest BCUT2D eigenvalue weighted by molar-refractivity contribution is 0.0887. The standard InChI is InChI=1S/C19H22N2O4/c1-11-7-19(23)25-18-8-16(5-6-17(11)18)24-10-15(22)9-21-14(4)12(2)13(3)20-21/h5-8,15,22H,9-10H2,1-4H3. The van der Waals surface area contributed by atoms with E-state index in [4.69, 9.17) is 9.15 Å². The second kappa shape index (κ2) is 6.72. The van der Waals surface area contributed by atoms with Gasteiger partial charge in [-0.05, 0) is 51.0 Å². The first-order valence-electron chi connectivity index (χ1n) is 8.21. The summed E-state index contributed by atoms with van der Waals surface area (Å²) in [6.07, 6.45) is -0.697. The van der Waals surface area contributed by atoms with Gasteiger partial charge in [0.1, 0.15) is 24.0 Å². The van der Waals surface area contributed by atoms with Crippen LogP contribution >= 0.6 is 0 Å². The molecule has 0 bridgehead atoms. The second-order valence-electron chi connectivity index (χ2n) is 6.35. The summed E-state index contributed by atoms with van der Waals surface area (Å²) in [6, 6.07) is 6.78. The Balaban J connectivity index is 1.69. The van der Waals surface area contributed by atoms with Crippen molar-refractivity contribution in [3.63, 3.8) is 0 Å². The van der Waals surface area contributed by atoms with E-state index >= 15 is 0 Å². The molecule has 3 aromatic rings. The van der Waals surface area contributed by atoms with Crippen LogP contribution < -0.4 is 10.4 Å². The van der Waals surface area contributed by atoms with Crippen LogP contribution in [0.25, 0.3) is 11.0 Å². The highest BCUT2D eigenvalue weighted by Gasteiger charge is 2.13. The Morgan fingerprint density at radius 1 is 1.24 bits per heavy atom. The fourth-order valence-corrected chi connectivity index (χ4v) is 2.80. The zero-order valence-corrected chi connectivity index (χ0v) is 14.9. The van der Waals surface area contributed by atoms with Gasteiger partial charge in [-0.15, -0.1) is 0 Å². The van der Waals surface area contributed by atoms with Crippen LogP contribution in [-0.4, -0.2) is 27.6 Å². The fraction of sp³-hybridized carbons (Fsp3) is 0.368. The zero-order valence-electron chi connectivity index (χ0n) is 14.9. The average molecular weight is 342 g/mol. The van der Waals surface area contributed by atoms with Crippen molar-refractivity contribution in [3.8, 4) is 5.75 Å². The second-order valence-corrected chi connectivity index (χ2v) is 6.35. The molecule has 0 amide bonds. The lowest BCUT2D eigenvalue weighted by atomic mass is 10.1. The van der Waals surface area contributed by atoms with Crippen LogP contribution in [0, 0.1) is 27.7 Å². The first-order valence-corrected chi connectivity index (χ1v) is 8.21. The molecule has 0 aliphatic carbocycles. The highest BCUT2D eigenvalue weighted by atomic mass is 16.5. The molecule has 0 fully saturated rings. The molecule has 2 heterocycles. The molecule has 6 nitrogen and oxygen atoms in total. The summed E-state index contributed by atoms with van der Waals surface area (Å²) in [5.74, 6) is 0.546. The van der Waals surface area contributed by atoms with Gasteiger partial charge in [-0.2, -0.15) is 5.10 Å². The fourth-order valence-electron chi connectivity index (χ4n) is 2.80. The van der Waals surface area contributed by atoms with Gasteiger partial charge in [0.25, 0.3) is 0 Å². The number of hydrogen-bond acceptors (Lipinski definition) is 5. The van der Waals surface area contributed by atoms with E-state index in [1.54, 1.807) is 16.8 Å². The van der Waals surface area contributed by atoms with E-state index < -0.39 is 6.10 Å². The third-order valence-electron chi connectivity index (χ3n) is 4.49. The van der Waals surface area contributed by atoms with E-state index in [1.165, 1.54) is 6.07 Å². The third kappa shape index (κ3) is 3.58. The largest absolute Gasteiger partial charge is 0.491 e. The Bertz CT molecular complexity index is 971. The van der Waals surface area contributed by atoms with Crippen molar-refractivity contribution >= 4 is 11.0 Å². The van der Waals surface area contributed by atoms with Crippen LogP contribution in [0.3, 0.4) is 0 Å². The molecule has 1 unspecified atom stereocenters. The molecule has 0 spiro atoms. The molecular weight excluding hydrogens is 320 g/mol. The molecule has 0 radical (unpaired) electrons. The van der Waals surface area contributed by atoms with Crippen molar-refractivity contribution in [1.29, 1.82) is 0 Å². The highest BCUT2D eigenvalue weighted by molar-refractivity contribution is 5.81. The first kappa shape index (κ1) is 17.2.